The molecule has 2 aromatic carbocycles. The van der Waals surface area contributed by atoms with E-state index >= 15 is 0 Å². The van der Waals surface area contributed by atoms with Crippen molar-refractivity contribution in [3.8, 4) is 0 Å². The topological polar surface area (TPSA) is 23.6 Å². The molecular formula is C27H34F4N2O. The molecule has 1 heterocycles. The van der Waals surface area contributed by atoms with Crippen molar-refractivity contribution in [3.05, 3.63) is 71.0 Å². The molecule has 0 radical (unpaired) electrons. The van der Waals surface area contributed by atoms with Gasteiger partial charge >= 0.3 is 6.18 Å². The summed E-state index contributed by atoms with van der Waals surface area (Å²) in [5.74, 6) is -0.235. The number of carbonyl (C=O) groups excluding carboxylic acids is 1. The predicted octanol–water partition coefficient (Wildman–Crippen LogP) is 6.20. The molecule has 0 bridgehead atoms. The van der Waals surface area contributed by atoms with Crippen LogP contribution in [-0.2, 0) is 17.5 Å². The summed E-state index contributed by atoms with van der Waals surface area (Å²) >= 11 is 0. The van der Waals surface area contributed by atoms with Crippen molar-refractivity contribution in [2.45, 2.75) is 46.3 Å². The first-order chi connectivity index (χ1) is 16.0. The number of likely N-dealkylation sites (tertiary alicyclic amines) is 1. The number of nitrogens with zero attached hydrogens (tertiary/aromatic N) is 2. The lowest BCUT2D eigenvalue weighted by Crippen LogP contribution is -2.41. The fraction of sp³-hybridized carbons (Fsp3) is 0.519. The monoisotopic (exact) mass is 478 g/mol. The van der Waals surface area contributed by atoms with Gasteiger partial charge in [0.1, 0.15) is 5.82 Å². The molecule has 0 N–H and O–H groups in total. The molecule has 0 spiro atoms. The van der Waals surface area contributed by atoms with Gasteiger partial charge in [0.2, 0.25) is 5.91 Å². The van der Waals surface area contributed by atoms with Gasteiger partial charge in [-0.3, -0.25) is 9.69 Å². The molecule has 7 heteroatoms. The van der Waals surface area contributed by atoms with E-state index in [1.807, 2.05) is 29.7 Å². The minimum Gasteiger partial charge on any atom is -0.342 e. The van der Waals surface area contributed by atoms with Crippen LogP contribution in [0.15, 0.2) is 48.5 Å². The maximum atomic E-state index is 14.0. The first kappa shape index (κ1) is 26.2. The van der Waals surface area contributed by atoms with E-state index in [0.29, 0.717) is 26.2 Å². The average Bonchev–Trinajstić information content (AvgIpc) is 3.14. The molecule has 1 aliphatic heterocycles. The van der Waals surface area contributed by atoms with Gasteiger partial charge in [-0.1, -0.05) is 58.0 Å². The second-order valence-corrected chi connectivity index (χ2v) is 10.1. The summed E-state index contributed by atoms with van der Waals surface area (Å²) in [7, 11) is 0. The van der Waals surface area contributed by atoms with Crippen LogP contribution in [-0.4, -0.2) is 41.9 Å². The summed E-state index contributed by atoms with van der Waals surface area (Å²) in [6, 6.07) is 12.1. The molecule has 34 heavy (non-hydrogen) atoms. The highest BCUT2D eigenvalue weighted by atomic mass is 19.4. The zero-order valence-corrected chi connectivity index (χ0v) is 20.3. The molecule has 3 nitrogen and oxygen atoms in total. The summed E-state index contributed by atoms with van der Waals surface area (Å²) in [4.78, 5) is 16.8. The summed E-state index contributed by atoms with van der Waals surface area (Å²) in [6.07, 6.45) is -4.42. The number of benzene rings is 2. The Kier molecular flexibility index (Phi) is 8.39. The van der Waals surface area contributed by atoms with Crippen LogP contribution in [0.3, 0.4) is 0 Å². The van der Waals surface area contributed by atoms with E-state index in [4.69, 9.17) is 0 Å². The number of amides is 1. The van der Waals surface area contributed by atoms with Crippen LogP contribution < -0.4 is 0 Å². The number of alkyl halides is 3. The van der Waals surface area contributed by atoms with E-state index in [2.05, 4.69) is 13.8 Å². The van der Waals surface area contributed by atoms with Gasteiger partial charge < -0.3 is 4.90 Å². The van der Waals surface area contributed by atoms with Gasteiger partial charge in [-0.15, -0.1) is 0 Å². The number of rotatable bonds is 8. The van der Waals surface area contributed by atoms with Gasteiger partial charge in [-0.25, -0.2) is 4.39 Å². The Hall–Kier alpha value is -2.41. The smallest absolute Gasteiger partial charge is 0.342 e. The van der Waals surface area contributed by atoms with E-state index < -0.39 is 11.7 Å². The van der Waals surface area contributed by atoms with Crippen LogP contribution >= 0.6 is 0 Å². The second-order valence-electron chi connectivity index (χ2n) is 10.1. The summed E-state index contributed by atoms with van der Waals surface area (Å²) in [5.41, 5.74) is 0.418. The van der Waals surface area contributed by atoms with Gasteiger partial charge in [0.25, 0.3) is 0 Å². The largest absolute Gasteiger partial charge is 0.416 e. The van der Waals surface area contributed by atoms with Crippen molar-refractivity contribution < 1.29 is 22.4 Å². The van der Waals surface area contributed by atoms with E-state index in [0.717, 1.165) is 11.6 Å². The van der Waals surface area contributed by atoms with Gasteiger partial charge in [-0.05, 0) is 41.2 Å². The van der Waals surface area contributed by atoms with Crippen LogP contribution in [0.1, 0.15) is 50.3 Å². The Balaban J connectivity index is 1.88. The van der Waals surface area contributed by atoms with Crippen LogP contribution in [0, 0.1) is 23.6 Å². The van der Waals surface area contributed by atoms with E-state index in [-0.39, 0.29) is 47.5 Å². The molecule has 186 valence electrons. The number of carbonyl (C=O) groups is 1. The third kappa shape index (κ3) is 6.59. The van der Waals surface area contributed by atoms with Crippen LogP contribution in [0.2, 0.25) is 0 Å². The van der Waals surface area contributed by atoms with Crippen molar-refractivity contribution in [1.82, 2.24) is 9.80 Å². The van der Waals surface area contributed by atoms with Crippen molar-refractivity contribution >= 4 is 5.91 Å². The first-order valence-corrected chi connectivity index (χ1v) is 11.9. The lowest BCUT2D eigenvalue weighted by molar-refractivity contribution is -0.138. The van der Waals surface area contributed by atoms with E-state index in [1.165, 1.54) is 24.3 Å². The predicted molar refractivity (Wildman–Crippen MR) is 126 cm³/mol. The molecule has 3 rings (SSSR count). The fourth-order valence-electron chi connectivity index (χ4n) is 4.91. The molecule has 0 saturated carbocycles. The lowest BCUT2D eigenvalue weighted by Gasteiger charge is -2.31. The lowest BCUT2D eigenvalue weighted by atomic mass is 9.88. The molecule has 1 amide bonds. The normalized spacial score (nSPS) is 19.2. The van der Waals surface area contributed by atoms with Crippen LogP contribution in [0.5, 0.6) is 0 Å². The minimum atomic E-state index is -4.42. The van der Waals surface area contributed by atoms with E-state index in [9.17, 15) is 22.4 Å². The molecule has 1 saturated heterocycles. The molecule has 1 aliphatic rings. The Morgan fingerprint density at radius 3 is 2.38 bits per heavy atom. The average molecular weight is 479 g/mol. The SMILES string of the molecule is CC(C)CN(C[C@@H]1CN(Cc2ccccc2C(F)(F)F)C[C@@H]1c1cccc(F)c1)C(=O)C(C)C. The number of hydrogen-bond donors (Lipinski definition) is 0. The van der Waals surface area contributed by atoms with Crippen LogP contribution in [0.4, 0.5) is 17.6 Å². The van der Waals surface area contributed by atoms with Crippen molar-refractivity contribution in [3.63, 3.8) is 0 Å². The van der Waals surface area contributed by atoms with Crippen LogP contribution in [0.25, 0.3) is 0 Å². The zero-order chi connectivity index (χ0) is 25.0. The van der Waals surface area contributed by atoms with Gasteiger partial charge in [0.05, 0.1) is 5.56 Å². The Morgan fingerprint density at radius 1 is 1.06 bits per heavy atom. The number of halogens is 4. The molecule has 0 aliphatic carbocycles. The van der Waals surface area contributed by atoms with Crippen molar-refractivity contribution in [1.29, 1.82) is 0 Å². The summed E-state index contributed by atoms with van der Waals surface area (Å²) < 4.78 is 54.7. The van der Waals surface area contributed by atoms with Gasteiger partial charge in [-0.2, -0.15) is 13.2 Å². The minimum absolute atomic E-state index is 0.0127. The molecule has 0 unspecified atom stereocenters. The Bertz CT molecular complexity index is 973. The standard InChI is InChI=1S/C27H34F4N2O/c1-18(2)13-33(26(34)19(3)4)16-22-15-32(17-24(22)20-9-7-10-23(28)12-20)14-21-8-5-6-11-25(21)27(29,30)31/h5-12,18-19,22,24H,13-17H2,1-4H3/t22-,24+/m0/s1. The number of hydrogen-bond acceptors (Lipinski definition) is 2. The Morgan fingerprint density at radius 2 is 1.76 bits per heavy atom. The van der Waals surface area contributed by atoms with Crippen molar-refractivity contribution in [2.75, 3.05) is 26.2 Å². The highest BCUT2D eigenvalue weighted by Crippen LogP contribution is 2.37. The second kappa shape index (κ2) is 10.9. The zero-order valence-electron chi connectivity index (χ0n) is 20.3. The molecule has 0 aromatic heterocycles. The quantitative estimate of drug-likeness (QED) is 0.422. The molecular weight excluding hydrogens is 444 g/mol. The molecule has 2 aromatic rings. The highest BCUT2D eigenvalue weighted by Gasteiger charge is 2.38. The summed E-state index contributed by atoms with van der Waals surface area (Å²) in [6.45, 7) is 10.1. The Labute approximate surface area is 199 Å². The third-order valence-corrected chi connectivity index (χ3v) is 6.36. The van der Waals surface area contributed by atoms with Crippen molar-refractivity contribution in [2.24, 2.45) is 17.8 Å². The molecule has 2 atom stereocenters. The van der Waals surface area contributed by atoms with E-state index in [1.54, 1.807) is 12.1 Å². The summed E-state index contributed by atoms with van der Waals surface area (Å²) in [5, 5.41) is 0. The van der Waals surface area contributed by atoms with Gasteiger partial charge in [0, 0.05) is 44.6 Å². The molecule has 1 fully saturated rings. The third-order valence-electron chi connectivity index (χ3n) is 6.36. The fourth-order valence-corrected chi connectivity index (χ4v) is 4.91. The maximum Gasteiger partial charge on any atom is 0.416 e. The maximum absolute atomic E-state index is 14.0. The highest BCUT2D eigenvalue weighted by molar-refractivity contribution is 5.78. The van der Waals surface area contributed by atoms with Gasteiger partial charge in [0.15, 0.2) is 0 Å². The first-order valence-electron chi connectivity index (χ1n) is 11.9.